The van der Waals surface area contributed by atoms with Crippen LogP contribution >= 0.6 is 11.3 Å². The number of amides is 2. The number of aryl methyl sites for hydroxylation is 1. The number of benzene rings is 3. The van der Waals surface area contributed by atoms with Crippen LogP contribution in [0.25, 0.3) is 10.6 Å². The van der Waals surface area contributed by atoms with Gasteiger partial charge in [0.15, 0.2) is 0 Å². The Labute approximate surface area is 196 Å². The van der Waals surface area contributed by atoms with Crippen LogP contribution in [0.2, 0.25) is 0 Å². The Morgan fingerprint density at radius 2 is 1.64 bits per heavy atom. The van der Waals surface area contributed by atoms with E-state index in [9.17, 15) is 9.59 Å². The largest absolute Gasteiger partial charge is 0.497 e. The fraction of sp³-hybridized carbons (Fsp3) is 0.115. The van der Waals surface area contributed by atoms with Crippen LogP contribution in [0.15, 0.2) is 78.2 Å². The van der Waals surface area contributed by atoms with Crippen LogP contribution in [0.3, 0.4) is 0 Å². The van der Waals surface area contributed by atoms with E-state index in [1.807, 2.05) is 30.5 Å². The molecule has 4 rings (SSSR count). The Kier molecular flexibility index (Phi) is 6.80. The highest BCUT2D eigenvalue weighted by Gasteiger charge is 2.11. The molecule has 3 aromatic carbocycles. The molecule has 166 valence electrons. The maximum atomic E-state index is 12.5. The van der Waals surface area contributed by atoms with E-state index in [0.717, 1.165) is 22.0 Å². The third-order valence-corrected chi connectivity index (χ3v) is 5.88. The number of ether oxygens (including phenoxy) is 1. The molecule has 33 heavy (non-hydrogen) atoms. The van der Waals surface area contributed by atoms with Crippen LogP contribution in [0.1, 0.15) is 21.6 Å². The van der Waals surface area contributed by atoms with Crippen LogP contribution in [-0.4, -0.2) is 23.9 Å². The monoisotopic (exact) mass is 457 g/mol. The first-order chi connectivity index (χ1) is 16.0. The minimum atomic E-state index is -0.232. The summed E-state index contributed by atoms with van der Waals surface area (Å²) >= 11 is 1.52. The molecule has 4 aromatic rings. The number of nitrogens with zero attached hydrogens (tertiary/aromatic N) is 1. The molecule has 0 fully saturated rings. The second-order valence-corrected chi connectivity index (χ2v) is 8.36. The van der Waals surface area contributed by atoms with Gasteiger partial charge in [-0.2, -0.15) is 0 Å². The molecule has 0 saturated heterocycles. The van der Waals surface area contributed by atoms with E-state index < -0.39 is 0 Å². The van der Waals surface area contributed by atoms with Crippen LogP contribution in [0, 0.1) is 6.92 Å². The van der Waals surface area contributed by atoms with Crippen LogP contribution in [0.4, 0.5) is 11.4 Å². The normalized spacial score (nSPS) is 10.5. The van der Waals surface area contributed by atoms with Gasteiger partial charge in [0, 0.05) is 27.9 Å². The van der Waals surface area contributed by atoms with Gasteiger partial charge in [0.05, 0.1) is 19.2 Å². The van der Waals surface area contributed by atoms with E-state index in [1.165, 1.54) is 16.9 Å². The summed E-state index contributed by atoms with van der Waals surface area (Å²) < 4.78 is 5.12. The highest BCUT2D eigenvalue weighted by Crippen LogP contribution is 2.25. The second-order valence-electron chi connectivity index (χ2n) is 7.50. The molecule has 7 heteroatoms. The van der Waals surface area contributed by atoms with Gasteiger partial charge >= 0.3 is 0 Å². The number of aromatic nitrogens is 1. The predicted molar refractivity (Wildman–Crippen MR) is 132 cm³/mol. The second kappa shape index (κ2) is 10.1. The lowest BCUT2D eigenvalue weighted by molar-refractivity contribution is -0.115. The predicted octanol–water partition coefficient (Wildman–Crippen LogP) is 5.56. The van der Waals surface area contributed by atoms with E-state index in [0.29, 0.717) is 16.9 Å². The Bertz CT molecular complexity index is 1260. The van der Waals surface area contributed by atoms with Crippen LogP contribution < -0.4 is 15.4 Å². The van der Waals surface area contributed by atoms with Gasteiger partial charge < -0.3 is 15.4 Å². The minimum absolute atomic E-state index is 0.161. The lowest BCUT2D eigenvalue weighted by Crippen LogP contribution is -2.15. The third kappa shape index (κ3) is 5.84. The molecule has 2 amide bonds. The Morgan fingerprint density at radius 3 is 2.33 bits per heavy atom. The van der Waals surface area contributed by atoms with Gasteiger partial charge in [0.25, 0.3) is 5.91 Å². The third-order valence-electron chi connectivity index (χ3n) is 4.94. The molecule has 6 nitrogen and oxygen atoms in total. The van der Waals surface area contributed by atoms with Crippen molar-refractivity contribution in [2.45, 2.75) is 13.3 Å². The first kappa shape index (κ1) is 22.2. The number of carbonyl (C=O) groups is 2. The number of nitrogens with one attached hydrogen (secondary N) is 2. The van der Waals surface area contributed by atoms with E-state index >= 15 is 0 Å². The molecular weight excluding hydrogens is 434 g/mol. The molecule has 1 aromatic heterocycles. The standard InChI is InChI=1S/C26H23N3O3S/c1-17-4-3-5-19(14-17)26-29-22(16-33-26)15-24(30)27-20-8-6-18(7-9-20)25(31)28-21-10-12-23(32-2)13-11-21/h3-14,16H,15H2,1-2H3,(H,27,30)(H,28,31). The van der Waals surface area contributed by atoms with E-state index in [1.54, 1.807) is 55.6 Å². The average molecular weight is 458 g/mol. The average Bonchev–Trinajstić information content (AvgIpc) is 3.28. The van der Waals surface area contributed by atoms with Crippen molar-refractivity contribution < 1.29 is 14.3 Å². The zero-order chi connectivity index (χ0) is 23.2. The highest BCUT2D eigenvalue weighted by molar-refractivity contribution is 7.13. The molecule has 0 saturated carbocycles. The first-order valence-electron chi connectivity index (χ1n) is 10.4. The van der Waals surface area contributed by atoms with E-state index in [-0.39, 0.29) is 18.2 Å². The molecule has 0 unspecified atom stereocenters. The topological polar surface area (TPSA) is 80.3 Å². The number of hydrogen-bond acceptors (Lipinski definition) is 5. The molecule has 0 radical (unpaired) electrons. The van der Waals surface area contributed by atoms with Gasteiger partial charge in [-0.3, -0.25) is 9.59 Å². The van der Waals surface area contributed by atoms with Crippen molar-refractivity contribution in [3.05, 3.63) is 95.0 Å². The maximum absolute atomic E-state index is 12.5. The molecule has 1 heterocycles. The molecule has 0 atom stereocenters. The molecule has 0 bridgehead atoms. The van der Waals surface area contributed by atoms with Crippen LogP contribution in [0.5, 0.6) is 5.75 Å². The maximum Gasteiger partial charge on any atom is 0.255 e. The summed E-state index contributed by atoms with van der Waals surface area (Å²) in [6.45, 7) is 2.04. The van der Waals surface area contributed by atoms with Crippen molar-refractivity contribution in [3.63, 3.8) is 0 Å². The van der Waals surface area contributed by atoms with Crippen LogP contribution in [-0.2, 0) is 11.2 Å². The van der Waals surface area contributed by atoms with Crippen molar-refractivity contribution in [2.24, 2.45) is 0 Å². The first-order valence-corrected chi connectivity index (χ1v) is 11.2. The van der Waals surface area contributed by atoms with Gasteiger partial charge in [0.1, 0.15) is 10.8 Å². The fourth-order valence-corrected chi connectivity index (χ4v) is 4.07. The number of thiazole rings is 1. The van der Waals surface area contributed by atoms with Gasteiger partial charge in [-0.1, -0.05) is 23.8 Å². The summed E-state index contributed by atoms with van der Waals surface area (Å²) in [5, 5.41) is 8.49. The fourth-order valence-electron chi connectivity index (χ4n) is 3.25. The summed E-state index contributed by atoms with van der Waals surface area (Å²) in [7, 11) is 1.59. The lowest BCUT2D eigenvalue weighted by atomic mass is 10.1. The summed E-state index contributed by atoms with van der Waals surface area (Å²) in [5.41, 5.74) is 4.73. The number of rotatable bonds is 7. The van der Waals surface area contributed by atoms with E-state index in [2.05, 4.69) is 21.7 Å². The number of hydrogen-bond donors (Lipinski definition) is 2. The van der Waals surface area contributed by atoms with Crippen molar-refractivity contribution in [3.8, 4) is 16.3 Å². The van der Waals surface area contributed by atoms with Crippen molar-refractivity contribution in [1.82, 2.24) is 4.98 Å². The molecule has 0 aliphatic carbocycles. The number of carbonyl (C=O) groups excluding carboxylic acids is 2. The lowest BCUT2D eigenvalue weighted by Gasteiger charge is -2.08. The summed E-state index contributed by atoms with van der Waals surface area (Å²) in [6.07, 6.45) is 0.183. The smallest absolute Gasteiger partial charge is 0.255 e. The van der Waals surface area contributed by atoms with Crippen molar-refractivity contribution in [2.75, 3.05) is 17.7 Å². The summed E-state index contributed by atoms with van der Waals surface area (Å²) in [6, 6.07) is 22.0. The Morgan fingerprint density at radius 1 is 0.939 bits per heavy atom. The van der Waals surface area contributed by atoms with E-state index in [4.69, 9.17) is 4.74 Å². The van der Waals surface area contributed by atoms with Gasteiger partial charge in [0.2, 0.25) is 5.91 Å². The molecule has 0 spiro atoms. The Balaban J connectivity index is 1.33. The quantitative estimate of drug-likeness (QED) is 0.381. The number of methoxy groups -OCH3 is 1. The zero-order valence-corrected chi connectivity index (χ0v) is 19.1. The minimum Gasteiger partial charge on any atom is -0.497 e. The van der Waals surface area contributed by atoms with Gasteiger partial charge in [-0.25, -0.2) is 4.98 Å². The number of anilines is 2. The molecule has 0 aliphatic heterocycles. The van der Waals surface area contributed by atoms with Gasteiger partial charge in [-0.15, -0.1) is 11.3 Å². The molecule has 0 aliphatic rings. The van der Waals surface area contributed by atoms with Crippen molar-refractivity contribution in [1.29, 1.82) is 0 Å². The summed E-state index contributed by atoms with van der Waals surface area (Å²) in [5.74, 6) is 0.327. The molecule has 2 N–H and O–H groups in total. The van der Waals surface area contributed by atoms with Crippen molar-refractivity contribution >= 4 is 34.5 Å². The van der Waals surface area contributed by atoms with Gasteiger partial charge in [-0.05, 0) is 61.5 Å². The Hall–Kier alpha value is -3.97. The zero-order valence-electron chi connectivity index (χ0n) is 18.3. The highest BCUT2D eigenvalue weighted by atomic mass is 32.1. The summed E-state index contributed by atoms with van der Waals surface area (Å²) in [4.78, 5) is 29.5. The molecular formula is C26H23N3O3S. The SMILES string of the molecule is COc1ccc(NC(=O)c2ccc(NC(=O)Cc3csc(-c4cccc(C)c4)n3)cc2)cc1.